The van der Waals surface area contributed by atoms with Crippen LogP contribution in [-0.4, -0.2) is 41.6 Å². The minimum Gasteiger partial charge on any atom is -0.493 e. The quantitative estimate of drug-likeness (QED) is 0.530. The van der Waals surface area contributed by atoms with Gasteiger partial charge in [0, 0.05) is 24.3 Å². The molecule has 0 radical (unpaired) electrons. The van der Waals surface area contributed by atoms with E-state index in [4.69, 9.17) is 9.47 Å². The fourth-order valence-electron chi connectivity index (χ4n) is 4.14. The van der Waals surface area contributed by atoms with Crippen molar-refractivity contribution >= 4 is 21.6 Å². The number of anilines is 1. The molecule has 3 aromatic rings. The maximum Gasteiger partial charge on any atom is 0.258 e. The number of hydrogen-bond donors (Lipinski definition) is 1. The van der Waals surface area contributed by atoms with Crippen molar-refractivity contribution in [1.29, 1.82) is 0 Å². The van der Waals surface area contributed by atoms with E-state index in [1.807, 2.05) is 30.3 Å². The fraction of sp³-hybridized carbons (Fsp3) is 0.269. The molecule has 1 N–H and O–H groups in total. The van der Waals surface area contributed by atoms with Crippen molar-refractivity contribution < 1.29 is 22.7 Å². The van der Waals surface area contributed by atoms with Crippen LogP contribution < -0.4 is 19.1 Å². The first-order valence-electron chi connectivity index (χ1n) is 11.1. The summed E-state index contributed by atoms with van der Waals surface area (Å²) in [5.74, 6) is 1.15. The largest absolute Gasteiger partial charge is 0.493 e. The molecule has 0 aromatic heterocycles. The van der Waals surface area contributed by atoms with Gasteiger partial charge in [-0.2, -0.15) is 0 Å². The first-order chi connectivity index (χ1) is 16.4. The lowest BCUT2D eigenvalue weighted by Gasteiger charge is -2.30. The van der Waals surface area contributed by atoms with Gasteiger partial charge in [0.15, 0.2) is 11.5 Å². The van der Waals surface area contributed by atoms with Crippen LogP contribution in [0.2, 0.25) is 0 Å². The zero-order valence-electron chi connectivity index (χ0n) is 19.3. The summed E-state index contributed by atoms with van der Waals surface area (Å²) in [6, 6.07) is 19.6. The third-order valence-corrected chi connectivity index (χ3v) is 7.36. The Kier molecular flexibility index (Phi) is 7.19. The number of sulfonamides is 1. The summed E-state index contributed by atoms with van der Waals surface area (Å²) in [4.78, 5) is 14.9. The van der Waals surface area contributed by atoms with Crippen molar-refractivity contribution in [3.8, 4) is 11.5 Å². The Hall–Kier alpha value is -3.36. The SMILES string of the molecule is COc1ccc(CCNS(=O)(=O)c2ccc3c(c2)CCCN3C(=O)c2ccccc2)cc1OC. The molecule has 1 heterocycles. The topological polar surface area (TPSA) is 84.9 Å². The second-order valence-electron chi connectivity index (χ2n) is 8.05. The summed E-state index contributed by atoms with van der Waals surface area (Å²) in [6.45, 7) is 0.851. The van der Waals surface area contributed by atoms with Crippen LogP contribution in [0, 0.1) is 0 Å². The third-order valence-electron chi connectivity index (χ3n) is 5.90. The Morgan fingerprint density at radius 3 is 2.47 bits per heavy atom. The van der Waals surface area contributed by atoms with Crippen molar-refractivity contribution in [3.63, 3.8) is 0 Å². The summed E-state index contributed by atoms with van der Waals surface area (Å²) >= 11 is 0. The Morgan fingerprint density at radius 2 is 1.74 bits per heavy atom. The van der Waals surface area contributed by atoms with Crippen LogP contribution in [0.5, 0.6) is 11.5 Å². The normalized spacial score (nSPS) is 13.3. The molecule has 1 aliphatic heterocycles. The summed E-state index contributed by atoms with van der Waals surface area (Å²) in [7, 11) is -0.557. The molecule has 34 heavy (non-hydrogen) atoms. The number of carbonyl (C=O) groups is 1. The van der Waals surface area contributed by atoms with Gasteiger partial charge in [-0.05, 0) is 72.9 Å². The number of nitrogens with zero attached hydrogens (tertiary/aromatic N) is 1. The Labute approximate surface area is 200 Å². The highest BCUT2D eigenvalue weighted by molar-refractivity contribution is 7.89. The first-order valence-corrected chi connectivity index (χ1v) is 12.6. The number of amides is 1. The molecule has 0 bridgehead atoms. The Bertz CT molecular complexity index is 1280. The molecule has 3 aromatic carbocycles. The molecule has 1 aliphatic rings. The van der Waals surface area contributed by atoms with E-state index in [9.17, 15) is 13.2 Å². The minimum atomic E-state index is -3.69. The highest BCUT2D eigenvalue weighted by atomic mass is 32.2. The number of ether oxygens (including phenoxy) is 2. The highest BCUT2D eigenvalue weighted by Gasteiger charge is 2.25. The number of hydrogen-bond acceptors (Lipinski definition) is 5. The second kappa shape index (κ2) is 10.3. The van der Waals surface area contributed by atoms with Gasteiger partial charge >= 0.3 is 0 Å². The summed E-state index contributed by atoms with van der Waals surface area (Å²) in [5, 5.41) is 0. The molecule has 1 amide bonds. The van der Waals surface area contributed by atoms with Crippen molar-refractivity contribution in [2.45, 2.75) is 24.2 Å². The number of benzene rings is 3. The zero-order chi connectivity index (χ0) is 24.1. The van der Waals surface area contributed by atoms with E-state index in [1.54, 1.807) is 55.5 Å². The molecule has 7 nitrogen and oxygen atoms in total. The van der Waals surface area contributed by atoms with E-state index in [0.29, 0.717) is 30.0 Å². The molecular formula is C26H28N2O5S. The van der Waals surface area contributed by atoms with Crippen LogP contribution in [0.15, 0.2) is 71.6 Å². The van der Waals surface area contributed by atoms with Crippen molar-refractivity contribution in [2.24, 2.45) is 0 Å². The Balaban J connectivity index is 1.46. The highest BCUT2D eigenvalue weighted by Crippen LogP contribution is 2.31. The summed E-state index contributed by atoms with van der Waals surface area (Å²) in [6.07, 6.45) is 2.01. The summed E-state index contributed by atoms with van der Waals surface area (Å²) in [5.41, 5.74) is 3.17. The maximum absolute atomic E-state index is 13.0. The molecule has 0 fully saturated rings. The number of rotatable bonds is 8. The maximum atomic E-state index is 13.0. The molecule has 4 rings (SSSR count). The van der Waals surface area contributed by atoms with Crippen molar-refractivity contribution in [1.82, 2.24) is 4.72 Å². The van der Waals surface area contributed by atoms with E-state index >= 15 is 0 Å². The van der Waals surface area contributed by atoms with E-state index in [0.717, 1.165) is 29.7 Å². The molecular weight excluding hydrogens is 452 g/mol. The molecule has 0 saturated carbocycles. The first kappa shape index (κ1) is 23.8. The minimum absolute atomic E-state index is 0.0785. The molecule has 0 unspecified atom stereocenters. The van der Waals surface area contributed by atoms with Crippen molar-refractivity contribution in [2.75, 3.05) is 32.2 Å². The van der Waals surface area contributed by atoms with Gasteiger partial charge in [-0.25, -0.2) is 13.1 Å². The standard InChI is InChI=1S/C26H28N2O5S/c1-32-24-13-10-19(17-25(24)33-2)14-15-27-34(30,31)22-11-12-23-21(18-22)9-6-16-28(23)26(29)20-7-4-3-5-8-20/h3-5,7-8,10-13,17-18,27H,6,9,14-16H2,1-2H3. The Morgan fingerprint density at radius 1 is 0.971 bits per heavy atom. The van der Waals surface area contributed by atoms with E-state index in [1.165, 1.54) is 0 Å². The smallest absolute Gasteiger partial charge is 0.258 e. The third kappa shape index (κ3) is 5.08. The van der Waals surface area contributed by atoms with Gasteiger partial charge < -0.3 is 14.4 Å². The fourth-order valence-corrected chi connectivity index (χ4v) is 5.22. The predicted molar refractivity (Wildman–Crippen MR) is 131 cm³/mol. The van der Waals surface area contributed by atoms with Gasteiger partial charge in [0.05, 0.1) is 19.1 Å². The van der Waals surface area contributed by atoms with Crippen LogP contribution >= 0.6 is 0 Å². The molecule has 8 heteroatoms. The van der Waals surface area contributed by atoms with Crippen LogP contribution in [0.25, 0.3) is 0 Å². The average molecular weight is 481 g/mol. The monoisotopic (exact) mass is 480 g/mol. The van der Waals surface area contributed by atoms with Crippen LogP contribution in [0.4, 0.5) is 5.69 Å². The second-order valence-corrected chi connectivity index (χ2v) is 9.82. The lowest BCUT2D eigenvalue weighted by Crippen LogP contribution is -2.35. The van der Waals surface area contributed by atoms with Gasteiger partial charge in [0.2, 0.25) is 10.0 Å². The molecule has 0 aliphatic carbocycles. The van der Waals surface area contributed by atoms with Crippen LogP contribution in [0.1, 0.15) is 27.9 Å². The number of nitrogens with one attached hydrogen (secondary N) is 1. The molecule has 0 saturated heterocycles. The van der Waals surface area contributed by atoms with Gasteiger partial charge in [-0.1, -0.05) is 24.3 Å². The number of carbonyl (C=O) groups excluding carboxylic acids is 1. The number of fused-ring (bicyclic) bond motifs is 1. The van der Waals surface area contributed by atoms with Crippen LogP contribution in [-0.2, 0) is 22.9 Å². The van der Waals surface area contributed by atoms with Crippen molar-refractivity contribution in [3.05, 3.63) is 83.4 Å². The zero-order valence-corrected chi connectivity index (χ0v) is 20.1. The van der Waals surface area contributed by atoms with Gasteiger partial charge in [0.25, 0.3) is 5.91 Å². The molecule has 0 spiro atoms. The number of aryl methyl sites for hydroxylation is 1. The van der Waals surface area contributed by atoms with Crippen LogP contribution in [0.3, 0.4) is 0 Å². The lowest BCUT2D eigenvalue weighted by molar-refractivity contribution is 0.0985. The van der Waals surface area contributed by atoms with E-state index < -0.39 is 10.0 Å². The van der Waals surface area contributed by atoms with Gasteiger partial charge in [-0.3, -0.25) is 4.79 Å². The van der Waals surface area contributed by atoms with Gasteiger partial charge in [-0.15, -0.1) is 0 Å². The van der Waals surface area contributed by atoms with Gasteiger partial charge in [0.1, 0.15) is 0 Å². The van der Waals surface area contributed by atoms with E-state index in [2.05, 4.69) is 4.72 Å². The number of methoxy groups -OCH3 is 2. The van der Waals surface area contributed by atoms with E-state index in [-0.39, 0.29) is 17.3 Å². The molecule has 0 atom stereocenters. The lowest BCUT2D eigenvalue weighted by atomic mass is 10.0. The average Bonchev–Trinajstić information content (AvgIpc) is 2.87. The molecule has 178 valence electrons. The summed E-state index contributed by atoms with van der Waals surface area (Å²) < 4.78 is 39.1. The predicted octanol–water partition coefficient (Wildman–Crippen LogP) is 3.82.